The summed E-state index contributed by atoms with van der Waals surface area (Å²) in [6, 6.07) is 6.28. The fraction of sp³-hybridized carbons (Fsp3) is 0.667. The molecule has 1 aromatic heterocycles. The lowest BCUT2D eigenvalue weighted by atomic mass is 9.76. The number of hydrogen-bond acceptors (Lipinski definition) is 2. The number of nitrogens with zero attached hydrogens (tertiary/aromatic N) is 2. The Morgan fingerprint density at radius 3 is 2.15 bits per heavy atom. The van der Waals surface area contributed by atoms with Crippen LogP contribution in [-0.2, 0) is 7.05 Å². The summed E-state index contributed by atoms with van der Waals surface area (Å²) in [5.74, 6) is 1.39. The molecule has 3 rings (SSSR count). The van der Waals surface area contributed by atoms with Crippen LogP contribution in [0.15, 0.2) is 23.0 Å². The molecule has 0 saturated heterocycles. The van der Waals surface area contributed by atoms with Crippen molar-refractivity contribution in [1.82, 2.24) is 9.55 Å². The molecular formula is C24H40N2O. The van der Waals surface area contributed by atoms with Crippen molar-refractivity contribution in [2.24, 2.45) is 12.5 Å². The number of aryl methyl sites for hydroxylation is 1. The number of fused-ring (bicyclic) bond motifs is 1. The van der Waals surface area contributed by atoms with Crippen molar-refractivity contribution in [2.75, 3.05) is 0 Å². The lowest BCUT2D eigenvalue weighted by molar-refractivity contribution is 0.256. The van der Waals surface area contributed by atoms with E-state index in [1.165, 1.54) is 44.1 Å². The van der Waals surface area contributed by atoms with Gasteiger partial charge >= 0.3 is 0 Å². The van der Waals surface area contributed by atoms with Gasteiger partial charge in [0.05, 0.1) is 10.9 Å². The minimum Gasteiger partial charge on any atom is -0.299 e. The van der Waals surface area contributed by atoms with Gasteiger partial charge in [-0.25, -0.2) is 4.98 Å². The maximum atomic E-state index is 12.3. The minimum atomic E-state index is 0.0541. The second-order valence-electron chi connectivity index (χ2n) is 7.95. The molecule has 0 radical (unpaired) electrons. The molecule has 0 amide bonds. The summed E-state index contributed by atoms with van der Waals surface area (Å²) in [5, 5.41) is 0.730. The van der Waals surface area contributed by atoms with E-state index in [2.05, 4.69) is 31.0 Å². The molecule has 0 spiro atoms. The zero-order valence-electron chi connectivity index (χ0n) is 18.9. The van der Waals surface area contributed by atoms with E-state index in [4.69, 9.17) is 0 Å². The number of aromatic nitrogens is 2. The standard InChI is InChI=1S/C20H28N2O.2C2H6/c1-14-21-18-13-16(9-10-17(18)19(23)22(14)4)15-7-5-11-20(2,3)12-6-8-15;2*1-2/h9-10,13,15H,5-8,11-12H2,1-4H3;2*1-2H3. The van der Waals surface area contributed by atoms with Crippen LogP contribution in [0.5, 0.6) is 0 Å². The molecule has 1 fully saturated rings. The summed E-state index contributed by atoms with van der Waals surface area (Å²) < 4.78 is 1.62. The SMILES string of the molecule is CC.CC.Cc1nc2cc(C3CCCC(C)(C)CCC3)ccc2c(=O)n1C. The molecule has 3 heteroatoms. The molecule has 1 saturated carbocycles. The highest BCUT2D eigenvalue weighted by atomic mass is 16.1. The molecule has 0 atom stereocenters. The topological polar surface area (TPSA) is 34.9 Å². The number of hydrogen-bond donors (Lipinski definition) is 0. The molecule has 2 aromatic rings. The summed E-state index contributed by atoms with van der Waals surface area (Å²) in [5.41, 5.74) is 2.76. The molecule has 1 aliphatic carbocycles. The van der Waals surface area contributed by atoms with Crippen LogP contribution in [0.2, 0.25) is 0 Å². The average molecular weight is 373 g/mol. The molecule has 1 heterocycles. The molecule has 0 bridgehead atoms. The quantitative estimate of drug-likeness (QED) is 0.554. The van der Waals surface area contributed by atoms with E-state index in [1.54, 1.807) is 11.6 Å². The summed E-state index contributed by atoms with van der Waals surface area (Å²) in [6.07, 6.45) is 7.71. The van der Waals surface area contributed by atoms with E-state index in [-0.39, 0.29) is 5.56 Å². The van der Waals surface area contributed by atoms with Gasteiger partial charge in [0.15, 0.2) is 0 Å². The van der Waals surface area contributed by atoms with Crippen molar-refractivity contribution in [3.8, 4) is 0 Å². The second kappa shape index (κ2) is 10.6. The number of rotatable bonds is 1. The van der Waals surface area contributed by atoms with Crippen molar-refractivity contribution in [3.63, 3.8) is 0 Å². The maximum absolute atomic E-state index is 12.3. The van der Waals surface area contributed by atoms with Crippen LogP contribution in [0.25, 0.3) is 10.9 Å². The predicted octanol–water partition coefficient (Wildman–Crippen LogP) is 6.76. The van der Waals surface area contributed by atoms with Gasteiger partial charge in [0.1, 0.15) is 5.82 Å². The van der Waals surface area contributed by atoms with Gasteiger partial charge in [-0.2, -0.15) is 0 Å². The maximum Gasteiger partial charge on any atom is 0.261 e. The second-order valence-corrected chi connectivity index (χ2v) is 7.95. The first kappa shape index (κ1) is 23.4. The fourth-order valence-electron chi connectivity index (χ4n) is 3.91. The van der Waals surface area contributed by atoms with Crippen LogP contribution in [0.1, 0.15) is 97.4 Å². The Kier molecular flexibility index (Phi) is 9.21. The van der Waals surface area contributed by atoms with Crippen LogP contribution in [0.3, 0.4) is 0 Å². The van der Waals surface area contributed by atoms with Crippen molar-refractivity contribution in [3.05, 3.63) is 39.9 Å². The molecule has 1 aromatic carbocycles. The zero-order valence-corrected chi connectivity index (χ0v) is 18.9. The third kappa shape index (κ3) is 5.92. The van der Waals surface area contributed by atoms with Crippen molar-refractivity contribution >= 4 is 10.9 Å². The first-order chi connectivity index (χ1) is 12.9. The largest absolute Gasteiger partial charge is 0.299 e. The highest BCUT2D eigenvalue weighted by Gasteiger charge is 2.23. The summed E-state index contributed by atoms with van der Waals surface area (Å²) in [7, 11) is 1.79. The Morgan fingerprint density at radius 1 is 1.04 bits per heavy atom. The van der Waals surface area contributed by atoms with E-state index in [0.717, 1.165) is 16.7 Å². The first-order valence-corrected chi connectivity index (χ1v) is 10.8. The van der Waals surface area contributed by atoms with Gasteiger partial charge in [-0.15, -0.1) is 0 Å². The summed E-state index contributed by atoms with van der Waals surface area (Å²) >= 11 is 0. The van der Waals surface area contributed by atoms with Crippen LogP contribution >= 0.6 is 0 Å². The highest BCUT2D eigenvalue weighted by Crippen LogP contribution is 2.38. The molecule has 0 N–H and O–H groups in total. The molecule has 3 nitrogen and oxygen atoms in total. The molecule has 27 heavy (non-hydrogen) atoms. The third-order valence-corrected chi connectivity index (χ3v) is 5.61. The molecule has 152 valence electrons. The van der Waals surface area contributed by atoms with Crippen molar-refractivity contribution in [1.29, 1.82) is 0 Å². The third-order valence-electron chi connectivity index (χ3n) is 5.61. The Balaban J connectivity index is 0.000000855. The Morgan fingerprint density at radius 2 is 1.59 bits per heavy atom. The van der Waals surface area contributed by atoms with E-state index >= 15 is 0 Å². The van der Waals surface area contributed by atoms with Crippen LogP contribution in [0, 0.1) is 12.3 Å². The van der Waals surface area contributed by atoms with Gasteiger partial charge in [0.25, 0.3) is 5.56 Å². The fourth-order valence-corrected chi connectivity index (χ4v) is 3.91. The van der Waals surface area contributed by atoms with Gasteiger partial charge in [-0.1, -0.05) is 60.5 Å². The van der Waals surface area contributed by atoms with Crippen LogP contribution in [-0.4, -0.2) is 9.55 Å². The molecule has 0 aliphatic heterocycles. The number of benzene rings is 1. The monoisotopic (exact) mass is 372 g/mol. The summed E-state index contributed by atoms with van der Waals surface area (Å²) in [4.78, 5) is 17.0. The van der Waals surface area contributed by atoms with Crippen molar-refractivity contribution < 1.29 is 0 Å². The Hall–Kier alpha value is -1.64. The van der Waals surface area contributed by atoms with Gasteiger partial charge in [0, 0.05) is 7.05 Å². The van der Waals surface area contributed by atoms with E-state index in [1.807, 2.05) is 40.7 Å². The van der Waals surface area contributed by atoms with E-state index in [0.29, 0.717) is 11.3 Å². The molecule has 0 unspecified atom stereocenters. The molecule has 1 aliphatic rings. The normalized spacial score (nSPS) is 17.0. The van der Waals surface area contributed by atoms with Crippen molar-refractivity contribution in [2.45, 2.75) is 92.9 Å². The van der Waals surface area contributed by atoms with Crippen LogP contribution < -0.4 is 5.56 Å². The Bertz CT molecular complexity index is 762. The highest BCUT2D eigenvalue weighted by molar-refractivity contribution is 5.78. The van der Waals surface area contributed by atoms with Gasteiger partial charge in [-0.05, 0) is 61.6 Å². The average Bonchev–Trinajstić information content (AvgIpc) is 2.66. The van der Waals surface area contributed by atoms with Gasteiger partial charge in [-0.3, -0.25) is 9.36 Å². The zero-order chi connectivity index (χ0) is 20.6. The van der Waals surface area contributed by atoms with Crippen LogP contribution in [0.4, 0.5) is 0 Å². The van der Waals surface area contributed by atoms with Gasteiger partial charge in [0.2, 0.25) is 0 Å². The predicted molar refractivity (Wildman–Crippen MR) is 119 cm³/mol. The summed E-state index contributed by atoms with van der Waals surface area (Å²) in [6.45, 7) is 14.7. The van der Waals surface area contributed by atoms with Gasteiger partial charge < -0.3 is 0 Å². The smallest absolute Gasteiger partial charge is 0.261 e. The first-order valence-electron chi connectivity index (χ1n) is 10.8. The van der Waals surface area contributed by atoms with E-state index in [9.17, 15) is 4.79 Å². The Labute approximate surface area is 166 Å². The minimum absolute atomic E-state index is 0.0541. The van der Waals surface area contributed by atoms with E-state index < -0.39 is 0 Å². The lowest BCUT2D eigenvalue weighted by Crippen LogP contribution is -2.20. The lowest BCUT2D eigenvalue weighted by Gasteiger charge is -2.30. The molecular weight excluding hydrogens is 332 g/mol.